The van der Waals surface area contributed by atoms with Gasteiger partial charge in [-0.25, -0.2) is 8.42 Å². The van der Waals surface area contributed by atoms with E-state index >= 15 is 0 Å². The minimum atomic E-state index is -3.28. The van der Waals surface area contributed by atoms with Crippen LogP contribution in [-0.4, -0.2) is 24.3 Å². The van der Waals surface area contributed by atoms with Gasteiger partial charge in [-0.15, -0.1) is 0 Å². The summed E-state index contributed by atoms with van der Waals surface area (Å²) in [6.45, 7) is 3.63. The second-order valence-corrected chi connectivity index (χ2v) is 7.77. The number of rotatable bonds is 6. The summed E-state index contributed by atoms with van der Waals surface area (Å²) in [6.07, 6.45) is 0.571. The number of nitrogens with one attached hydrogen (secondary N) is 1. The zero-order chi connectivity index (χ0) is 17.9. The number of sulfonamides is 1. The Hall–Kier alpha value is -2.67. The van der Waals surface area contributed by atoms with Gasteiger partial charge >= 0.3 is 0 Å². The Kier molecular flexibility index (Phi) is 4.85. The first-order valence-electron chi connectivity index (χ1n) is 7.94. The molecule has 25 heavy (non-hydrogen) atoms. The Balaban J connectivity index is 1.72. The highest BCUT2D eigenvalue weighted by atomic mass is 32.2. The maximum Gasteiger partial charge on any atom is 0.232 e. The van der Waals surface area contributed by atoms with Crippen LogP contribution in [0, 0.1) is 6.92 Å². The third kappa shape index (κ3) is 4.45. The molecule has 0 spiro atoms. The zero-order valence-corrected chi connectivity index (χ0v) is 14.9. The van der Waals surface area contributed by atoms with Crippen LogP contribution in [0.3, 0.4) is 0 Å². The molecule has 1 aromatic heterocycles. The predicted molar refractivity (Wildman–Crippen MR) is 96.8 cm³/mol. The van der Waals surface area contributed by atoms with E-state index in [0.717, 1.165) is 11.1 Å². The highest BCUT2D eigenvalue weighted by molar-refractivity contribution is 7.92. The summed E-state index contributed by atoms with van der Waals surface area (Å²) in [5.41, 5.74) is 3.58. The van der Waals surface area contributed by atoms with Gasteiger partial charge in [0.2, 0.25) is 21.7 Å². The average molecular weight is 357 g/mol. The van der Waals surface area contributed by atoms with E-state index in [2.05, 4.69) is 14.9 Å². The number of anilines is 1. The molecule has 0 amide bonds. The molecule has 0 aliphatic heterocycles. The van der Waals surface area contributed by atoms with Crippen molar-refractivity contribution in [2.75, 3.05) is 10.5 Å². The van der Waals surface area contributed by atoms with Gasteiger partial charge < -0.3 is 4.52 Å². The normalized spacial score (nSPS) is 11.4. The van der Waals surface area contributed by atoms with E-state index in [0.29, 0.717) is 23.8 Å². The van der Waals surface area contributed by atoms with E-state index in [1.165, 1.54) is 5.56 Å². The van der Waals surface area contributed by atoms with Crippen LogP contribution in [0.1, 0.15) is 23.9 Å². The largest absolute Gasteiger partial charge is 0.339 e. The molecule has 3 rings (SSSR count). The maximum atomic E-state index is 11.6. The fourth-order valence-corrected chi connectivity index (χ4v) is 2.90. The van der Waals surface area contributed by atoms with Crippen LogP contribution in [0.4, 0.5) is 5.69 Å². The van der Waals surface area contributed by atoms with E-state index in [1.807, 2.05) is 31.2 Å². The molecule has 0 radical (unpaired) electrons. The average Bonchev–Trinajstić information content (AvgIpc) is 3.06. The van der Waals surface area contributed by atoms with Gasteiger partial charge in [0.25, 0.3) is 0 Å². The number of hydrogen-bond donors (Lipinski definition) is 1. The van der Waals surface area contributed by atoms with E-state index < -0.39 is 10.0 Å². The molecule has 6 nitrogen and oxygen atoms in total. The smallest absolute Gasteiger partial charge is 0.232 e. The van der Waals surface area contributed by atoms with Crippen LogP contribution in [0.2, 0.25) is 0 Å². The summed E-state index contributed by atoms with van der Waals surface area (Å²) in [6, 6.07) is 15.0. The summed E-state index contributed by atoms with van der Waals surface area (Å²) in [5, 5.41) is 4.00. The van der Waals surface area contributed by atoms with Crippen molar-refractivity contribution in [1.82, 2.24) is 10.1 Å². The molecule has 130 valence electrons. The monoisotopic (exact) mass is 357 g/mol. The quantitative estimate of drug-likeness (QED) is 0.731. The number of aromatic nitrogens is 2. The molecule has 3 aromatic rings. The third-order valence-corrected chi connectivity index (χ3v) is 5.05. The number of aryl methyl sites for hydroxylation is 1. The van der Waals surface area contributed by atoms with Gasteiger partial charge in [0.1, 0.15) is 0 Å². The van der Waals surface area contributed by atoms with Crippen LogP contribution < -0.4 is 4.72 Å². The van der Waals surface area contributed by atoms with Crippen molar-refractivity contribution in [2.45, 2.75) is 20.3 Å². The highest BCUT2D eigenvalue weighted by Crippen LogP contribution is 2.20. The third-order valence-electron chi connectivity index (χ3n) is 3.74. The van der Waals surface area contributed by atoms with Crippen LogP contribution in [0.25, 0.3) is 11.4 Å². The second-order valence-electron chi connectivity index (χ2n) is 5.76. The lowest BCUT2D eigenvalue weighted by Gasteiger charge is -2.05. The lowest BCUT2D eigenvalue weighted by molar-refractivity contribution is 0.385. The molecule has 2 aromatic carbocycles. The van der Waals surface area contributed by atoms with Gasteiger partial charge in [-0.1, -0.05) is 35.0 Å². The minimum Gasteiger partial charge on any atom is -0.339 e. The topological polar surface area (TPSA) is 85.1 Å². The van der Waals surface area contributed by atoms with Crippen molar-refractivity contribution >= 4 is 15.7 Å². The Morgan fingerprint density at radius 1 is 1.04 bits per heavy atom. The first kappa shape index (κ1) is 17.2. The van der Waals surface area contributed by atoms with Crippen LogP contribution in [0.15, 0.2) is 53.1 Å². The summed E-state index contributed by atoms with van der Waals surface area (Å²) in [5.74, 6) is 1.05. The predicted octanol–water partition coefficient (Wildman–Crippen LogP) is 3.40. The van der Waals surface area contributed by atoms with Gasteiger partial charge in [-0.2, -0.15) is 4.98 Å². The standard InChI is InChI=1S/C18H19N3O3S/c1-3-25(22,23)21-16-10-8-15(9-11-16)18-19-17(24-20-18)12-14-6-4-13(2)5-7-14/h4-11,21H,3,12H2,1-2H3. The lowest BCUT2D eigenvalue weighted by atomic mass is 10.1. The van der Waals surface area contributed by atoms with Crippen LogP contribution in [-0.2, 0) is 16.4 Å². The molecule has 1 N–H and O–H groups in total. The molecule has 1 heterocycles. The molecular formula is C18H19N3O3S. The maximum absolute atomic E-state index is 11.6. The van der Waals surface area contributed by atoms with Gasteiger partial charge in [-0.3, -0.25) is 4.72 Å². The van der Waals surface area contributed by atoms with E-state index in [1.54, 1.807) is 31.2 Å². The molecule has 7 heteroatoms. The summed E-state index contributed by atoms with van der Waals surface area (Å²) in [4.78, 5) is 4.40. The van der Waals surface area contributed by atoms with Crippen molar-refractivity contribution in [3.8, 4) is 11.4 Å². The van der Waals surface area contributed by atoms with Gasteiger partial charge in [0.05, 0.1) is 12.2 Å². The SMILES string of the molecule is CCS(=O)(=O)Nc1ccc(-c2noc(Cc3ccc(C)cc3)n2)cc1. The Morgan fingerprint density at radius 2 is 1.72 bits per heavy atom. The van der Waals surface area contributed by atoms with Gasteiger partial charge in [-0.05, 0) is 43.7 Å². The van der Waals surface area contributed by atoms with Crippen molar-refractivity contribution in [2.24, 2.45) is 0 Å². The number of hydrogen-bond acceptors (Lipinski definition) is 5. The van der Waals surface area contributed by atoms with Crippen molar-refractivity contribution in [1.29, 1.82) is 0 Å². The zero-order valence-electron chi connectivity index (χ0n) is 14.1. The van der Waals surface area contributed by atoms with Crippen LogP contribution >= 0.6 is 0 Å². The molecule has 0 saturated heterocycles. The second kappa shape index (κ2) is 7.06. The fourth-order valence-electron chi connectivity index (χ4n) is 2.26. The van der Waals surface area contributed by atoms with Crippen molar-refractivity contribution in [3.63, 3.8) is 0 Å². The summed E-state index contributed by atoms with van der Waals surface area (Å²) in [7, 11) is -3.28. The summed E-state index contributed by atoms with van der Waals surface area (Å²) < 4.78 is 30.9. The molecule has 0 atom stereocenters. The Labute approximate surface area is 147 Å². The fraction of sp³-hybridized carbons (Fsp3) is 0.222. The minimum absolute atomic E-state index is 0.0297. The molecule has 0 unspecified atom stereocenters. The Morgan fingerprint density at radius 3 is 2.36 bits per heavy atom. The first-order chi connectivity index (χ1) is 11.9. The highest BCUT2D eigenvalue weighted by Gasteiger charge is 2.11. The molecule has 0 saturated carbocycles. The van der Waals surface area contributed by atoms with Gasteiger partial charge in [0, 0.05) is 11.3 Å². The first-order valence-corrected chi connectivity index (χ1v) is 9.59. The van der Waals surface area contributed by atoms with Crippen molar-refractivity contribution < 1.29 is 12.9 Å². The van der Waals surface area contributed by atoms with E-state index in [-0.39, 0.29) is 5.75 Å². The number of benzene rings is 2. The van der Waals surface area contributed by atoms with Crippen LogP contribution in [0.5, 0.6) is 0 Å². The molecule has 0 fully saturated rings. The molecular weight excluding hydrogens is 338 g/mol. The number of nitrogens with zero attached hydrogens (tertiary/aromatic N) is 2. The van der Waals surface area contributed by atoms with E-state index in [9.17, 15) is 8.42 Å². The lowest BCUT2D eigenvalue weighted by Crippen LogP contribution is -2.14. The van der Waals surface area contributed by atoms with Crippen molar-refractivity contribution in [3.05, 3.63) is 65.5 Å². The van der Waals surface area contributed by atoms with Gasteiger partial charge in [0.15, 0.2) is 0 Å². The Bertz CT molecular complexity index is 946. The molecule has 0 aliphatic carbocycles. The van der Waals surface area contributed by atoms with E-state index in [4.69, 9.17) is 4.52 Å². The molecule has 0 aliphatic rings. The summed E-state index contributed by atoms with van der Waals surface area (Å²) >= 11 is 0. The molecule has 0 bridgehead atoms.